The fourth-order valence-electron chi connectivity index (χ4n) is 2.00. The molecule has 1 aliphatic rings. The van der Waals surface area contributed by atoms with E-state index in [1.807, 2.05) is 6.20 Å². The Bertz CT molecular complexity index is 316. The fourth-order valence-corrected chi connectivity index (χ4v) is 2.00. The highest BCUT2D eigenvalue weighted by Gasteiger charge is 2.28. The second-order valence-electron chi connectivity index (χ2n) is 4.56. The van der Waals surface area contributed by atoms with Gasteiger partial charge >= 0.3 is 0 Å². The van der Waals surface area contributed by atoms with Crippen LogP contribution in [0.3, 0.4) is 0 Å². The summed E-state index contributed by atoms with van der Waals surface area (Å²) < 4.78 is 0. The van der Waals surface area contributed by atoms with Crippen molar-refractivity contribution in [1.82, 2.24) is 9.88 Å². The Balaban J connectivity index is 1.94. The summed E-state index contributed by atoms with van der Waals surface area (Å²) in [5.41, 5.74) is 7.83. The van der Waals surface area contributed by atoms with Gasteiger partial charge in [0.05, 0.1) is 5.69 Å². The quantitative estimate of drug-likeness (QED) is 0.794. The average Bonchev–Trinajstić information content (AvgIpc) is 3.13. The Labute approximate surface area is 97.7 Å². The van der Waals surface area contributed by atoms with Gasteiger partial charge in [0.15, 0.2) is 0 Å². The molecular formula is C13H21N3. The maximum Gasteiger partial charge on any atom is 0.0544 e. The van der Waals surface area contributed by atoms with Crippen LogP contribution >= 0.6 is 0 Å². The summed E-state index contributed by atoms with van der Waals surface area (Å²) in [6.07, 6.45) is 5.84. The number of hydrogen-bond donors (Lipinski definition) is 1. The first kappa shape index (κ1) is 11.6. The Morgan fingerprint density at radius 3 is 2.75 bits per heavy atom. The third-order valence-electron chi connectivity index (χ3n) is 3.06. The summed E-state index contributed by atoms with van der Waals surface area (Å²) in [7, 11) is 0. The van der Waals surface area contributed by atoms with Crippen molar-refractivity contribution in [2.45, 2.75) is 45.3 Å². The zero-order valence-electron chi connectivity index (χ0n) is 10.0. The summed E-state index contributed by atoms with van der Waals surface area (Å²) in [6, 6.07) is 5.00. The molecule has 0 aromatic carbocycles. The molecule has 0 amide bonds. The molecule has 16 heavy (non-hydrogen) atoms. The van der Waals surface area contributed by atoms with Crippen molar-refractivity contribution >= 4 is 0 Å². The molecule has 0 radical (unpaired) electrons. The Kier molecular flexibility index (Phi) is 3.91. The van der Waals surface area contributed by atoms with Crippen molar-refractivity contribution in [3.63, 3.8) is 0 Å². The van der Waals surface area contributed by atoms with E-state index in [1.54, 1.807) is 0 Å². The molecule has 2 N–H and O–H groups in total. The van der Waals surface area contributed by atoms with Crippen molar-refractivity contribution in [1.29, 1.82) is 0 Å². The molecule has 0 spiro atoms. The minimum absolute atomic E-state index is 0.578. The third kappa shape index (κ3) is 3.03. The highest BCUT2D eigenvalue weighted by Crippen LogP contribution is 2.28. The van der Waals surface area contributed by atoms with Crippen LogP contribution in [0.2, 0.25) is 0 Å². The Morgan fingerprint density at radius 2 is 2.25 bits per heavy atom. The lowest BCUT2D eigenvalue weighted by Crippen LogP contribution is -2.26. The standard InChI is InChI=1S/C13H21N3/c1-2-7-16(13-5-6-13)10-12-4-3-11(8-14)9-15-12/h3-4,9,13H,2,5-8,10,14H2,1H3. The number of aromatic nitrogens is 1. The number of nitrogens with two attached hydrogens (primary N) is 1. The lowest BCUT2D eigenvalue weighted by Gasteiger charge is -2.20. The zero-order chi connectivity index (χ0) is 11.4. The van der Waals surface area contributed by atoms with Crippen LogP contribution in [-0.2, 0) is 13.1 Å². The van der Waals surface area contributed by atoms with E-state index in [-0.39, 0.29) is 0 Å². The van der Waals surface area contributed by atoms with Crippen molar-refractivity contribution in [3.8, 4) is 0 Å². The molecule has 0 saturated heterocycles. The second-order valence-corrected chi connectivity index (χ2v) is 4.56. The van der Waals surface area contributed by atoms with E-state index in [0.29, 0.717) is 6.54 Å². The van der Waals surface area contributed by atoms with Crippen LogP contribution in [0.4, 0.5) is 0 Å². The van der Waals surface area contributed by atoms with Gasteiger partial charge in [-0.05, 0) is 37.4 Å². The van der Waals surface area contributed by atoms with Crippen LogP contribution in [0, 0.1) is 0 Å². The van der Waals surface area contributed by atoms with E-state index in [4.69, 9.17) is 5.73 Å². The molecule has 0 unspecified atom stereocenters. The molecule has 1 heterocycles. The molecule has 2 rings (SSSR count). The van der Waals surface area contributed by atoms with E-state index >= 15 is 0 Å². The molecule has 0 atom stereocenters. The van der Waals surface area contributed by atoms with Gasteiger partial charge in [0, 0.05) is 25.3 Å². The largest absolute Gasteiger partial charge is 0.326 e. The lowest BCUT2D eigenvalue weighted by molar-refractivity contribution is 0.252. The molecule has 0 bridgehead atoms. The van der Waals surface area contributed by atoms with Gasteiger partial charge in [0.25, 0.3) is 0 Å². The van der Waals surface area contributed by atoms with Crippen LogP contribution < -0.4 is 5.73 Å². The van der Waals surface area contributed by atoms with Crippen LogP contribution in [-0.4, -0.2) is 22.5 Å². The van der Waals surface area contributed by atoms with E-state index in [9.17, 15) is 0 Å². The predicted molar refractivity (Wildman–Crippen MR) is 65.9 cm³/mol. The molecule has 1 aromatic heterocycles. The van der Waals surface area contributed by atoms with Crippen molar-refractivity contribution in [2.75, 3.05) is 6.54 Å². The topological polar surface area (TPSA) is 42.1 Å². The fraction of sp³-hybridized carbons (Fsp3) is 0.615. The summed E-state index contributed by atoms with van der Waals surface area (Å²) in [4.78, 5) is 7.01. The van der Waals surface area contributed by atoms with Gasteiger partial charge in [-0.25, -0.2) is 0 Å². The van der Waals surface area contributed by atoms with Gasteiger partial charge in [-0.2, -0.15) is 0 Å². The predicted octanol–water partition coefficient (Wildman–Crippen LogP) is 1.91. The Hall–Kier alpha value is -0.930. The van der Waals surface area contributed by atoms with Crippen LogP contribution in [0.25, 0.3) is 0 Å². The first-order valence-corrected chi connectivity index (χ1v) is 6.21. The molecule has 3 heteroatoms. The number of nitrogens with zero attached hydrogens (tertiary/aromatic N) is 2. The highest BCUT2D eigenvalue weighted by molar-refractivity contribution is 5.13. The van der Waals surface area contributed by atoms with Gasteiger partial charge in [-0.15, -0.1) is 0 Å². The summed E-state index contributed by atoms with van der Waals surface area (Å²) in [5, 5.41) is 0. The molecule has 0 aliphatic heterocycles. The number of pyridine rings is 1. The van der Waals surface area contributed by atoms with Crippen LogP contribution in [0.1, 0.15) is 37.4 Å². The van der Waals surface area contributed by atoms with E-state index in [1.165, 1.54) is 25.8 Å². The second kappa shape index (κ2) is 5.41. The van der Waals surface area contributed by atoms with Gasteiger partial charge in [0.1, 0.15) is 0 Å². The van der Waals surface area contributed by atoms with E-state index in [0.717, 1.165) is 23.8 Å². The third-order valence-corrected chi connectivity index (χ3v) is 3.06. The maximum atomic E-state index is 5.56. The van der Waals surface area contributed by atoms with E-state index in [2.05, 4.69) is 28.9 Å². The van der Waals surface area contributed by atoms with Gasteiger partial charge < -0.3 is 5.73 Å². The summed E-state index contributed by atoms with van der Waals surface area (Å²) in [6.45, 7) is 4.99. The summed E-state index contributed by atoms with van der Waals surface area (Å²) in [5.74, 6) is 0. The minimum atomic E-state index is 0.578. The monoisotopic (exact) mass is 219 g/mol. The average molecular weight is 219 g/mol. The number of hydrogen-bond acceptors (Lipinski definition) is 3. The molecule has 3 nitrogen and oxygen atoms in total. The minimum Gasteiger partial charge on any atom is -0.326 e. The SMILES string of the molecule is CCCN(Cc1ccc(CN)cn1)C1CC1. The van der Waals surface area contributed by atoms with E-state index < -0.39 is 0 Å². The lowest BCUT2D eigenvalue weighted by atomic mass is 10.2. The molecule has 1 saturated carbocycles. The first-order valence-electron chi connectivity index (χ1n) is 6.21. The van der Waals surface area contributed by atoms with Gasteiger partial charge in [-0.3, -0.25) is 9.88 Å². The zero-order valence-corrected chi connectivity index (χ0v) is 10.0. The van der Waals surface area contributed by atoms with Crippen molar-refractivity contribution in [2.24, 2.45) is 5.73 Å². The summed E-state index contributed by atoms with van der Waals surface area (Å²) >= 11 is 0. The molecular weight excluding hydrogens is 198 g/mol. The van der Waals surface area contributed by atoms with Crippen LogP contribution in [0.5, 0.6) is 0 Å². The highest BCUT2D eigenvalue weighted by atomic mass is 15.2. The molecule has 1 aliphatic carbocycles. The molecule has 1 aromatic rings. The first-order chi connectivity index (χ1) is 7.83. The number of rotatable bonds is 6. The Morgan fingerprint density at radius 1 is 1.44 bits per heavy atom. The molecule has 88 valence electrons. The van der Waals surface area contributed by atoms with Crippen molar-refractivity contribution in [3.05, 3.63) is 29.6 Å². The smallest absolute Gasteiger partial charge is 0.0544 e. The molecule has 1 fully saturated rings. The van der Waals surface area contributed by atoms with Crippen molar-refractivity contribution < 1.29 is 0 Å². The maximum absolute atomic E-state index is 5.56. The van der Waals surface area contributed by atoms with Gasteiger partial charge in [-0.1, -0.05) is 13.0 Å². The van der Waals surface area contributed by atoms with Gasteiger partial charge in [0.2, 0.25) is 0 Å². The normalized spacial score (nSPS) is 15.7. The van der Waals surface area contributed by atoms with Crippen LogP contribution in [0.15, 0.2) is 18.3 Å².